The lowest BCUT2D eigenvalue weighted by Crippen LogP contribution is -2.14. The van der Waals surface area contributed by atoms with Gasteiger partial charge in [-0.2, -0.15) is 10.2 Å². The predicted octanol–water partition coefficient (Wildman–Crippen LogP) is 6.50. The van der Waals surface area contributed by atoms with Crippen LogP contribution in [-0.4, -0.2) is 12.6 Å². The number of hydrogen-bond acceptors (Lipinski definition) is 5. The average molecular weight is 404 g/mol. The van der Waals surface area contributed by atoms with Gasteiger partial charge in [0.2, 0.25) is 0 Å². The largest absolute Gasteiger partial charge is 0.462 e. The fraction of sp³-hybridized carbons (Fsp3) is 0.250. The van der Waals surface area contributed by atoms with Crippen LogP contribution in [0.3, 0.4) is 0 Å². The number of ether oxygens (including phenoxy) is 1. The van der Waals surface area contributed by atoms with E-state index in [0.29, 0.717) is 33.6 Å². The number of para-hydroxylation sites is 1. The zero-order valence-corrected chi connectivity index (χ0v) is 16.7. The van der Waals surface area contributed by atoms with Crippen LogP contribution in [0.4, 0.5) is 11.4 Å². The third kappa shape index (κ3) is 3.99. The first kappa shape index (κ1) is 19.4. The summed E-state index contributed by atoms with van der Waals surface area (Å²) in [5.41, 5.74) is 2.56. The van der Waals surface area contributed by atoms with E-state index in [9.17, 15) is 4.79 Å². The molecular formula is C20H19Cl2N3O2. The van der Waals surface area contributed by atoms with E-state index in [4.69, 9.17) is 27.9 Å². The van der Waals surface area contributed by atoms with Crippen LogP contribution in [0, 0.1) is 0 Å². The first-order chi connectivity index (χ1) is 12.8. The van der Waals surface area contributed by atoms with E-state index in [1.54, 1.807) is 37.3 Å². The van der Waals surface area contributed by atoms with Gasteiger partial charge in [-0.1, -0.05) is 35.3 Å². The SMILES string of the molecule is CCOC(=O)c1ccccc1Nc1c(Cl)cc(C2(C)C=C(C)N=N2)cc1Cl. The van der Waals surface area contributed by atoms with Gasteiger partial charge in [0.15, 0.2) is 0 Å². The summed E-state index contributed by atoms with van der Waals surface area (Å²) in [7, 11) is 0. The quantitative estimate of drug-likeness (QED) is 0.579. The summed E-state index contributed by atoms with van der Waals surface area (Å²) in [5, 5.41) is 12.4. The number of nitrogens with zero attached hydrogens (tertiary/aromatic N) is 2. The molecule has 1 unspecified atom stereocenters. The van der Waals surface area contributed by atoms with Crippen molar-refractivity contribution in [2.24, 2.45) is 10.2 Å². The second kappa shape index (κ2) is 7.71. The highest BCUT2D eigenvalue weighted by Gasteiger charge is 2.29. The number of carbonyl (C=O) groups excluding carboxylic acids is 1. The highest BCUT2D eigenvalue weighted by Crippen LogP contribution is 2.41. The first-order valence-corrected chi connectivity index (χ1v) is 9.24. The number of nitrogens with one attached hydrogen (secondary N) is 1. The van der Waals surface area contributed by atoms with E-state index in [1.165, 1.54) is 0 Å². The standard InChI is InChI=1S/C20H19Cl2N3O2/c1-4-27-19(26)14-7-5-6-8-17(14)23-18-15(21)9-13(10-16(18)22)20(3)11-12(2)24-25-20/h5-11,23H,4H2,1-3H3. The van der Waals surface area contributed by atoms with Gasteiger partial charge in [-0.15, -0.1) is 0 Å². The van der Waals surface area contributed by atoms with Gasteiger partial charge in [-0.05, 0) is 56.7 Å². The number of allylic oxidation sites excluding steroid dienone is 1. The third-order valence-electron chi connectivity index (χ3n) is 4.21. The molecule has 1 N–H and O–H groups in total. The molecule has 2 aromatic rings. The highest BCUT2D eigenvalue weighted by atomic mass is 35.5. The monoisotopic (exact) mass is 403 g/mol. The van der Waals surface area contributed by atoms with Crippen molar-refractivity contribution in [2.75, 3.05) is 11.9 Å². The number of anilines is 2. The van der Waals surface area contributed by atoms with E-state index < -0.39 is 11.5 Å². The molecule has 3 rings (SSSR count). The van der Waals surface area contributed by atoms with E-state index in [-0.39, 0.29) is 0 Å². The van der Waals surface area contributed by atoms with Crippen molar-refractivity contribution in [3.8, 4) is 0 Å². The molecule has 1 heterocycles. The summed E-state index contributed by atoms with van der Waals surface area (Å²) in [6.07, 6.45) is 1.96. The van der Waals surface area contributed by atoms with Crippen molar-refractivity contribution in [3.63, 3.8) is 0 Å². The minimum atomic E-state index is -0.598. The summed E-state index contributed by atoms with van der Waals surface area (Å²) < 4.78 is 5.10. The van der Waals surface area contributed by atoms with E-state index >= 15 is 0 Å². The molecule has 0 radical (unpaired) electrons. The number of halogens is 2. The summed E-state index contributed by atoms with van der Waals surface area (Å²) >= 11 is 13.0. The molecule has 5 nitrogen and oxygen atoms in total. The molecule has 0 fully saturated rings. The molecule has 7 heteroatoms. The van der Waals surface area contributed by atoms with E-state index in [2.05, 4.69) is 15.5 Å². The maximum atomic E-state index is 12.2. The van der Waals surface area contributed by atoms with Crippen LogP contribution in [0.15, 0.2) is 58.4 Å². The average Bonchev–Trinajstić information content (AvgIpc) is 2.98. The van der Waals surface area contributed by atoms with E-state index in [0.717, 1.165) is 11.3 Å². The summed E-state index contributed by atoms with van der Waals surface area (Å²) in [4.78, 5) is 12.2. The lowest BCUT2D eigenvalue weighted by molar-refractivity contribution is 0.0527. The maximum absolute atomic E-state index is 12.2. The van der Waals surface area contributed by atoms with Crippen LogP contribution in [-0.2, 0) is 10.3 Å². The predicted molar refractivity (Wildman–Crippen MR) is 108 cm³/mol. The molecule has 1 aliphatic heterocycles. The highest BCUT2D eigenvalue weighted by molar-refractivity contribution is 6.39. The Bertz CT molecular complexity index is 933. The Morgan fingerprint density at radius 1 is 1.22 bits per heavy atom. The topological polar surface area (TPSA) is 63.0 Å². The Morgan fingerprint density at radius 2 is 1.89 bits per heavy atom. The fourth-order valence-corrected chi connectivity index (χ4v) is 3.47. The van der Waals surface area contributed by atoms with Crippen LogP contribution in [0.25, 0.3) is 0 Å². The van der Waals surface area contributed by atoms with Crippen LogP contribution in [0.2, 0.25) is 10.0 Å². The molecule has 1 aliphatic rings. The van der Waals surface area contributed by atoms with Crippen LogP contribution in [0.1, 0.15) is 36.7 Å². The molecule has 0 amide bonds. The van der Waals surface area contributed by atoms with Gasteiger partial charge in [0, 0.05) is 0 Å². The smallest absolute Gasteiger partial charge is 0.340 e. The second-order valence-corrected chi connectivity index (χ2v) is 7.15. The van der Waals surface area contributed by atoms with Gasteiger partial charge >= 0.3 is 5.97 Å². The lowest BCUT2D eigenvalue weighted by atomic mass is 9.92. The molecule has 27 heavy (non-hydrogen) atoms. The molecule has 0 saturated carbocycles. The van der Waals surface area contributed by atoms with Gasteiger partial charge in [-0.25, -0.2) is 4.79 Å². The Hall–Kier alpha value is -2.37. The fourth-order valence-electron chi connectivity index (χ4n) is 2.89. The normalized spacial score (nSPS) is 18.3. The first-order valence-electron chi connectivity index (χ1n) is 8.49. The van der Waals surface area contributed by atoms with Crippen molar-refractivity contribution in [2.45, 2.75) is 26.3 Å². The maximum Gasteiger partial charge on any atom is 0.340 e. The Balaban J connectivity index is 1.96. The van der Waals surface area contributed by atoms with E-state index in [1.807, 2.05) is 26.0 Å². The number of esters is 1. The van der Waals surface area contributed by atoms with Crippen molar-refractivity contribution in [3.05, 3.63) is 69.3 Å². The van der Waals surface area contributed by atoms with Gasteiger partial charge in [-0.3, -0.25) is 0 Å². The zero-order valence-electron chi connectivity index (χ0n) is 15.2. The zero-order chi connectivity index (χ0) is 19.6. The summed E-state index contributed by atoms with van der Waals surface area (Å²) in [5.74, 6) is -0.413. The molecule has 1 atom stereocenters. The van der Waals surface area contributed by atoms with Crippen molar-refractivity contribution >= 4 is 40.5 Å². The van der Waals surface area contributed by atoms with Crippen LogP contribution >= 0.6 is 23.2 Å². The van der Waals surface area contributed by atoms with Gasteiger partial charge < -0.3 is 10.1 Å². The molecule has 0 saturated heterocycles. The van der Waals surface area contributed by atoms with Crippen molar-refractivity contribution in [1.29, 1.82) is 0 Å². The minimum Gasteiger partial charge on any atom is -0.462 e. The van der Waals surface area contributed by atoms with Gasteiger partial charge in [0.1, 0.15) is 5.54 Å². The Labute approximate surface area is 168 Å². The second-order valence-electron chi connectivity index (χ2n) is 6.34. The van der Waals surface area contributed by atoms with Gasteiger partial charge in [0.05, 0.1) is 39.3 Å². The lowest BCUT2D eigenvalue weighted by Gasteiger charge is -2.20. The minimum absolute atomic E-state index is 0.295. The third-order valence-corrected chi connectivity index (χ3v) is 4.81. The number of benzene rings is 2. The number of hydrogen-bond donors (Lipinski definition) is 1. The molecular weight excluding hydrogens is 385 g/mol. The Kier molecular flexibility index (Phi) is 5.53. The summed E-state index contributed by atoms with van der Waals surface area (Å²) in [6.45, 7) is 5.89. The van der Waals surface area contributed by atoms with Crippen LogP contribution in [0.5, 0.6) is 0 Å². The molecule has 2 aromatic carbocycles. The van der Waals surface area contributed by atoms with Gasteiger partial charge in [0.25, 0.3) is 0 Å². The number of azo groups is 1. The van der Waals surface area contributed by atoms with Crippen LogP contribution < -0.4 is 5.32 Å². The molecule has 0 aliphatic carbocycles. The van der Waals surface area contributed by atoms with Crippen molar-refractivity contribution in [1.82, 2.24) is 0 Å². The molecule has 0 spiro atoms. The molecule has 140 valence electrons. The number of carbonyl (C=O) groups is 1. The Morgan fingerprint density at radius 3 is 2.48 bits per heavy atom. The molecule has 0 bridgehead atoms. The van der Waals surface area contributed by atoms with Crippen molar-refractivity contribution < 1.29 is 9.53 Å². The number of rotatable bonds is 5. The summed E-state index contributed by atoms with van der Waals surface area (Å²) in [6, 6.07) is 10.6. The molecule has 0 aromatic heterocycles.